The third kappa shape index (κ3) is 5.21. The summed E-state index contributed by atoms with van der Waals surface area (Å²) in [7, 11) is 0. The van der Waals surface area contributed by atoms with Gasteiger partial charge in [0.15, 0.2) is 0 Å². The molecule has 20 heavy (non-hydrogen) atoms. The molecule has 0 aliphatic carbocycles. The topological polar surface area (TPSA) is 15.3 Å². The standard InChI is InChI=1S/C15H23FN2.2ClH/c1-2-3-8-15(18-11-9-17-10-12-18)13-6-4-5-7-14(13)16;;/h4-7,15,17H,2-3,8-12H2,1H3;2*1H/t15-;;/m1../s1. The van der Waals surface area contributed by atoms with Gasteiger partial charge in [-0.15, -0.1) is 24.8 Å². The van der Waals surface area contributed by atoms with Crippen LogP contribution in [0.15, 0.2) is 24.3 Å². The van der Waals surface area contributed by atoms with E-state index in [1.54, 1.807) is 12.1 Å². The Hall–Kier alpha value is -0.350. The number of rotatable bonds is 5. The fourth-order valence-electron chi connectivity index (χ4n) is 2.67. The number of halogens is 3. The zero-order chi connectivity index (χ0) is 12.8. The number of hydrogen-bond donors (Lipinski definition) is 1. The molecule has 1 aromatic carbocycles. The molecule has 0 bridgehead atoms. The van der Waals surface area contributed by atoms with Gasteiger partial charge in [0.05, 0.1) is 0 Å². The highest BCUT2D eigenvalue weighted by atomic mass is 35.5. The van der Waals surface area contributed by atoms with Gasteiger partial charge in [-0.2, -0.15) is 0 Å². The summed E-state index contributed by atoms with van der Waals surface area (Å²) in [4.78, 5) is 2.42. The third-order valence-electron chi connectivity index (χ3n) is 3.69. The molecular formula is C15H25Cl2FN2. The van der Waals surface area contributed by atoms with Crippen LogP contribution in [-0.4, -0.2) is 31.1 Å². The van der Waals surface area contributed by atoms with E-state index in [0.29, 0.717) is 0 Å². The van der Waals surface area contributed by atoms with E-state index in [1.165, 1.54) is 0 Å². The van der Waals surface area contributed by atoms with Crippen molar-refractivity contribution in [1.29, 1.82) is 0 Å². The van der Waals surface area contributed by atoms with E-state index in [0.717, 1.165) is 51.0 Å². The minimum atomic E-state index is -0.0582. The summed E-state index contributed by atoms with van der Waals surface area (Å²) in [6.07, 6.45) is 3.37. The third-order valence-corrected chi connectivity index (χ3v) is 3.69. The number of nitrogens with zero attached hydrogens (tertiary/aromatic N) is 1. The normalized spacial score (nSPS) is 16.9. The van der Waals surface area contributed by atoms with Crippen LogP contribution in [0.25, 0.3) is 0 Å². The molecule has 116 valence electrons. The van der Waals surface area contributed by atoms with Crippen molar-refractivity contribution in [3.05, 3.63) is 35.6 Å². The number of piperazine rings is 1. The van der Waals surface area contributed by atoms with Gasteiger partial charge in [0, 0.05) is 37.8 Å². The summed E-state index contributed by atoms with van der Waals surface area (Å²) in [5.74, 6) is -0.0582. The Morgan fingerprint density at radius 3 is 2.45 bits per heavy atom. The van der Waals surface area contributed by atoms with Gasteiger partial charge in [0.1, 0.15) is 5.82 Å². The van der Waals surface area contributed by atoms with E-state index >= 15 is 0 Å². The Morgan fingerprint density at radius 1 is 1.20 bits per heavy atom. The van der Waals surface area contributed by atoms with Crippen molar-refractivity contribution < 1.29 is 4.39 Å². The van der Waals surface area contributed by atoms with Gasteiger partial charge in [0.25, 0.3) is 0 Å². The lowest BCUT2D eigenvalue weighted by Crippen LogP contribution is -2.45. The molecule has 1 aromatic rings. The highest BCUT2D eigenvalue weighted by Gasteiger charge is 2.23. The Balaban J connectivity index is 0.00000180. The lowest BCUT2D eigenvalue weighted by molar-refractivity contribution is 0.160. The average molecular weight is 323 g/mol. The van der Waals surface area contributed by atoms with Crippen LogP contribution in [0.1, 0.15) is 37.8 Å². The van der Waals surface area contributed by atoms with Crippen LogP contribution in [0, 0.1) is 5.82 Å². The molecule has 2 rings (SSSR count). The van der Waals surface area contributed by atoms with Crippen LogP contribution in [0.5, 0.6) is 0 Å². The monoisotopic (exact) mass is 322 g/mol. The van der Waals surface area contributed by atoms with Crippen LogP contribution < -0.4 is 5.32 Å². The SMILES string of the molecule is CCCC[C@H](c1ccccc1F)N1CCNCC1.Cl.Cl. The van der Waals surface area contributed by atoms with Gasteiger partial charge in [-0.3, -0.25) is 4.90 Å². The fourth-order valence-corrected chi connectivity index (χ4v) is 2.67. The second-order valence-corrected chi connectivity index (χ2v) is 4.97. The van der Waals surface area contributed by atoms with Crippen molar-refractivity contribution in [1.82, 2.24) is 10.2 Å². The van der Waals surface area contributed by atoms with Crippen LogP contribution in [0.3, 0.4) is 0 Å². The summed E-state index contributed by atoms with van der Waals surface area (Å²) >= 11 is 0. The first-order chi connectivity index (χ1) is 8.83. The Bertz CT molecular complexity index is 371. The van der Waals surface area contributed by atoms with Crippen molar-refractivity contribution in [3.8, 4) is 0 Å². The average Bonchev–Trinajstić information content (AvgIpc) is 2.42. The molecule has 5 heteroatoms. The van der Waals surface area contributed by atoms with Gasteiger partial charge in [-0.1, -0.05) is 38.0 Å². The van der Waals surface area contributed by atoms with Crippen molar-refractivity contribution >= 4 is 24.8 Å². The van der Waals surface area contributed by atoms with Crippen LogP contribution in [-0.2, 0) is 0 Å². The molecular weight excluding hydrogens is 298 g/mol. The second kappa shape index (κ2) is 10.4. The highest BCUT2D eigenvalue weighted by molar-refractivity contribution is 5.85. The minimum absolute atomic E-state index is 0. The summed E-state index contributed by atoms with van der Waals surface area (Å²) in [6.45, 7) is 6.25. The Morgan fingerprint density at radius 2 is 1.85 bits per heavy atom. The minimum Gasteiger partial charge on any atom is -0.314 e. The second-order valence-electron chi connectivity index (χ2n) is 4.97. The number of benzene rings is 1. The highest BCUT2D eigenvalue weighted by Crippen LogP contribution is 2.28. The maximum absolute atomic E-state index is 14.0. The molecule has 2 nitrogen and oxygen atoms in total. The van der Waals surface area contributed by atoms with Gasteiger partial charge in [-0.25, -0.2) is 4.39 Å². The zero-order valence-electron chi connectivity index (χ0n) is 12.0. The van der Waals surface area contributed by atoms with E-state index in [4.69, 9.17) is 0 Å². The maximum Gasteiger partial charge on any atom is 0.127 e. The molecule has 0 aromatic heterocycles. The molecule has 1 saturated heterocycles. The van der Waals surface area contributed by atoms with E-state index in [-0.39, 0.29) is 36.7 Å². The molecule has 1 aliphatic rings. The predicted molar refractivity (Wildman–Crippen MR) is 87.6 cm³/mol. The Kier molecular flexibility index (Phi) is 10.2. The lowest BCUT2D eigenvalue weighted by Gasteiger charge is -2.35. The molecule has 1 atom stereocenters. The summed E-state index contributed by atoms with van der Waals surface area (Å²) in [6, 6.07) is 7.48. The van der Waals surface area contributed by atoms with Crippen molar-refractivity contribution in [2.24, 2.45) is 0 Å². The predicted octanol–water partition coefficient (Wildman–Crippen LogP) is 3.81. The lowest BCUT2D eigenvalue weighted by atomic mass is 9.98. The van der Waals surface area contributed by atoms with E-state index in [9.17, 15) is 4.39 Å². The van der Waals surface area contributed by atoms with Gasteiger partial charge in [0.2, 0.25) is 0 Å². The molecule has 0 amide bonds. The van der Waals surface area contributed by atoms with E-state index in [2.05, 4.69) is 17.1 Å². The molecule has 0 spiro atoms. The van der Waals surface area contributed by atoms with Gasteiger partial charge >= 0.3 is 0 Å². The fraction of sp³-hybridized carbons (Fsp3) is 0.600. The summed E-state index contributed by atoms with van der Waals surface area (Å²) < 4.78 is 14.0. The molecule has 1 aliphatic heterocycles. The van der Waals surface area contributed by atoms with Gasteiger partial charge < -0.3 is 5.32 Å². The Labute approximate surface area is 133 Å². The number of nitrogens with one attached hydrogen (secondary N) is 1. The van der Waals surface area contributed by atoms with Crippen molar-refractivity contribution in [2.75, 3.05) is 26.2 Å². The smallest absolute Gasteiger partial charge is 0.127 e. The van der Waals surface area contributed by atoms with Crippen molar-refractivity contribution in [2.45, 2.75) is 32.2 Å². The molecule has 0 saturated carbocycles. The first kappa shape index (κ1) is 19.7. The number of hydrogen-bond acceptors (Lipinski definition) is 2. The summed E-state index contributed by atoms with van der Waals surface area (Å²) in [5.41, 5.74) is 0.868. The van der Waals surface area contributed by atoms with E-state index in [1.807, 2.05) is 12.1 Å². The van der Waals surface area contributed by atoms with Crippen LogP contribution in [0.4, 0.5) is 4.39 Å². The molecule has 1 fully saturated rings. The zero-order valence-corrected chi connectivity index (χ0v) is 13.6. The first-order valence-corrected chi connectivity index (χ1v) is 7.02. The molecule has 1 N–H and O–H groups in total. The molecule has 1 heterocycles. The van der Waals surface area contributed by atoms with Gasteiger partial charge in [-0.05, 0) is 12.5 Å². The van der Waals surface area contributed by atoms with E-state index < -0.39 is 0 Å². The largest absolute Gasteiger partial charge is 0.314 e. The molecule has 0 unspecified atom stereocenters. The van der Waals surface area contributed by atoms with Crippen molar-refractivity contribution in [3.63, 3.8) is 0 Å². The van der Waals surface area contributed by atoms with Crippen LogP contribution >= 0.6 is 24.8 Å². The summed E-state index contributed by atoms with van der Waals surface area (Å²) in [5, 5.41) is 3.36. The first-order valence-electron chi connectivity index (χ1n) is 7.02. The molecule has 0 radical (unpaired) electrons. The van der Waals surface area contributed by atoms with Crippen LogP contribution in [0.2, 0.25) is 0 Å². The quantitative estimate of drug-likeness (QED) is 0.886. The maximum atomic E-state index is 14.0. The number of unbranched alkanes of at least 4 members (excludes halogenated alkanes) is 1.